The predicted octanol–water partition coefficient (Wildman–Crippen LogP) is 0.882. The van der Waals surface area contributed by atoms with Crippen LogP contribution in [0.1, 0.15) is 19.3 Å². The third-order valence-electron chi connectivity index (χ3n) is 3.43. The minimum absolute atomic E-state index is 0.0813. The topological polar surface area (TPSA) is 86.5 Å². The summed E-state index contributed by atoms with van der Waals surface area (Å²) in [6.07, 6.45) is -3.72. The molecule has 1 fully saturated rings. The lowest BCUT2D eigenvalue weighted by molar-refractivity contribution is -0.165. The van der Waals surface area contributed by atoms with Gasteiger partial charge in [0.2, 0.25) is 0 Å². The Kier molecular flexibility index (Phi) is 5.07. The van der Waals surface area contributed by atoms with Crippen LogP contribution in [0.15, 0.2) is 0 Å². The predicted molar refractivity (Wildman–Crippen MR) is 65.6 cm³/mol. The Bertz CT molecular complexity index is 457. The van der Waals surface area contributed by atoms with E-state index in [1.807, 2.05) is 0 Å². The van der Waals surface area contributed by atoms with Gasteiger partial charge in [-0.1, -0.05) is 0 Å². The van der Waals surface area contributed by atoms with Gasteiger partial charge < -0.3 is 10.5 Å². The molecule has 0 bridgehead atoms. The lowest BCUT2D eigenvalue weighted by Gasteiger charge is -2.20. The van der Waals surface area contributed by atoms with Crippen LogP contribution in [0.2, 0.25) is 0 Å². The fraction of sp³-hybridized carbons (Fsp3) is 0.909. The van der Waals surface area contributed by atoms with Crippen LogP contribution in [0, 0.1) is 11.3 Å². The van der Waals surface area contributed by atoms with E-state index in [1.165, 1.54) is 7.11 Å². The number of hydrogen-bond donors (Lipinski definition) is 1. The molecular weight excluding hydrogens is 299 g/mol. The number of ether oxygens (including phenoxy) is 1. The second kappa shape index (κ2) is 5.88. The number of sulfone groups is 1. The van der Waals surface area contributed by atoms with Crippen LogP contribution in [0.3, 0.4) is 0 Å². The van der Waals surface area contributed by atoms with Gasteiger partial charge in [0.05, 0.1) is 31.0 Å². The smallest absolute Gasteiger partial charge is 0.393 e. The number of alkyl halides is 3. The van der Waals surface area contributed by atoms with Gasteiger partial charge in [-0.05, 0) is 18.3 Å². The number of methoxy groups -OCH3 is 1. The number of halogens is 3. The van der Waals surface area contributed by atoms with Crippen LogP contribution < -0.4 is 5.73 Å². The zero-order valence-corrected chi connectivity index (χ0v) is 11.9. The van der Waals surface area contributed by atoms with E-state index in [4.69, 9.17) is 5.73 Å². The molecule has 9 heteroatoms. The van der Waals surface area contributed by atoms with Crippen molar-refractivity contribution in [2.24, 2.45) is 17.1 Å². The Hall–Kier alpha value is -0.830. The molecule has 1 unspecified atom stereocenters. The first-order chi connectivity index (χ1) is 9.03. The molecular formula is C11H18F3NO4S. The molecule has 0 aromatic rings. The lowest BCUT2D eigenvalue weighted by atomic mass is 10.1. The van der Waals surface area contributed by atoms with Gasteiger partial charge in [0.25, 0.3) is 0 Å². The maximum atomic E-state index is 12.5. The van der Waals surface area contributed by atoms with E-state index < -0.39 is 51.4 Å². The second-order valence-corrected chi connectivity index (χ2v) is 7.39. The Morgan fingerprint density at radius 1 is 1.40 bits per heavy atom. The van der Waals surface area contributed by atoms with Crippen molar-refractivity contribution >= 4 is 15.8 Å². The Morgan fingerprint density at radius 3 is 2.30 bits per heavy atom. The van der Waals surface area contributed by atoms with Crippen LogP contribution in [0.5, 0.6) is 0 Å². The van der Waals surface area contributed by atoms with Gasteiger partial charge in [-0.3, -0.25) is 4.79 Å². The molecule has 2 N–H and O–H groups in total. The van der Waals surface area contributed by atoms with E-state index in [1.54, 1.807) is 0 Å². The first-order valence-corrected chi connectivity index (χ1v) is 7.90. The largest absolute Gasteiger partial charge is 0.469 e. The van der Waals surface area contributed by atoms with Crippen molar-refractivity contribution in [2.75, 3.05) is 25.2 Å². The normalized spacial score (nSPS) is 19.4. The van der Waals surface area contributed by atoms with Crippen molar-refractivity contribution in [1.29, 1.82) is 0 Å². The molecule has 0 aliphatic heterocycles. The minimum Gasteiger partial charge on any atom is -0.469 e. The van der Waals surface area contributed by atoms with Crippen LogP contribution >= 0.6 is 0 Å². The molecule has 1 saturated carbocycles. The van der Waals surface area contributed by atoms with Gasteiger partial charge >= 0.3 is 12.1 Å². The average molecular weight is 317 g/mol. The number of carbonyl (C=O) groups is 1. The highest BCUT2D eigenvalue weighted by atomic mass is 32.2. The fourth-order valence-corrected chi connectivity index (χ4v) is 4.44. The zero-order valence-electron chi connectivity index (χ0n) is 11.1. The lowest BCUT2D eigenvalue weighted by Crippen LogP contribution is -2.37. The molecule has 0 aromatic carbocycles. The first kappa shape index (κ1) is 17.2. The molecule has 0 radical (unpaired) electrons. The number of rotatable bonds is 7. The van der Waals surface area contributed by atoms with Crippen LogP contribution in [-0.4, -0.2) is 45.7 Å². The Labute approximate surface area is 115 Å². The molecule has 0 saturated heterocycles. The van der Waals surface area contributed by atoms with E-state index in [9.17, 15) is 26.4 Å². The summed E-state index contributed by atoms with van der Waals surface area (Å²) in [6.45, 7) is -0.771. The summed E-state index contributed by atoms with van der Waals surface area (Å²) < 4.78 is 65.8. The van der Waals surface area contributed by atoms with Crippen LogP contribution in [0.4, 0.5) is 13.2 Å². The van der Waals surface area contributed by atoms with Gasteiger partial charge in [0, 0.05) is 6.54 Å². The van der Waals surface area contributed by atoms with E-state index in [2.05, 4.69) is 4.74 Å². The maximum Gasteiger partial charge on any atom is 0.393 e. The molecule has 1 aliphatic carbocycles. The monoisotopic (exact) mass is 317 g/mol. The summed E-state index contributed by atoms with van der Waals surface area (Å²) in [5.74, 6) is -4.08. The average Bonchev–Trinajstić information content (AvgIpc) is 3.02. The quantitative estimate of drug-likeness (QED) is 0.705. The van der Waals surface area contributed by atoms with Crippen molar-refractivity contribution in [3.63, 3.8) is 0 Å². The third-order valence-corrected chi connectivity index (χ3v) is 5.40. The van der Waals surface area contributed by atoms with Crippen molar-refractivity contribution < 1.29 is 31.1 Å². The Morgan fingerprint density at radius 2 is 1.95 bits per heavy atom. The summed E-state index contributed by atoms with van der Waals surface area (Å²) in [5, 5.41) is 0. The SMILES string of the molecule is COC(=O)CC1(CS(=O)(=O)CC(CN)C(F)(F)F)CC1. The first-order valence-electron chi connectivity index (χ1n) is 6.08. The number of carbonyl (C=O) groups excluding carboxylic acids is 1. The van der Waals surface area contributed by atoms with Gasteiger partial charge in [-0.25, -0.2) is 8.42 Å². The highest BCUT2D eigenvalue weighted by Crippen LogP contribution is 2.50. The number of hydrogen-bond acceptors (Lipinski definition) is 5. The van der Waals surface area contributed by atoms with E-state index in [0.29, 0.717) is 12.8 Å². The third kappa shape index (κ3) is 4.93. The fourth-order valence-electron chi connectivity index (χ4n) is 2.06. The van der Waals surface area contributed by atoms with Crippen molar-refractivity contribution in [3.05, 3.63) is 0 Å². The molecule has 20 heavy (non-hydrogen) atoms. The summed E-state index contributed by atoms with van der Waals surface area (Å²) in [7, 11) is -2.75. The van der Waals surface area contributed by atoms with Crippen molar-refractivity contribution in [1.82, 2.24) is 0 Å². The Balaban J connectivity index is 2.69. The minimum atomic E-state index is -4.64. The molecule has 0 aromatic heterocycles. The van der Waals surface area contributed by atoms with E-state index in [0.717, 1.165) is 0 Å². The molecule has 1 atom stereocenters. The van der Waals surface area contributed by atoms with Gasteiger partial charge in [0.1, 0.15) is 0 Å². The summed E-state index contributed by atoms with van der Waals surface area (Å²) in [5.41, 5.74) is 4.24. The van der Waals surface area contributed by atoms with Crippen LogP contribution in [-0.2, 0) is 19.4 Å². The van der Waals surface area contributed by atoms with E-state index >= 15 is 0 Å². The second-order valence-electron chi connectivity index (χ2n) is 5.28. The molecule has 118 valence electrons. The molecule has 0 spiro atoms. The molecule has 1 aliphatic rings. The molecule has 5 nitrogen and oxygen atoms in total. The maximum absolute atomic E-state index is 12.5. The zero-order chi connectivity index (χ0) is 15.6. The molecule has 1 rings (SSSR count). The standard InChI is InChI=1S/C11H18F3NO4S/c1-19-9(16)4-10(2-3-10)7-20(17,18)6-8(5-15)11(12,13)14/h8H,2-7,15H2,1H3. The van der Waals surface area contributed by atoms with Crippen LogP contribution in [0.25, 0.3) is 0 Å². The molecule has 0 heterocycles. The van der Waals surface area contributed by atoms with E-state index in [-0.39, 0.29) is 6.42 Å². The van der Waals surface area contributed by atoms with Crippen molar-refractivity contribution in [2.45, 2.75) is 25.4 Å². The van der Waals surface area contributed by atoms with Gasteiger partial charge in [-0.15, -0.1) is 0 Å². The van der Waals surface area contributed by atoms with Gasteiger partial charge in [-0.2, -0.15) is 13.2 Å². The molecule has 0 amide bonds. The number of nitrogens with two attached hydrogens (primary N) is 1. The summed E-state index contributed by atoms with van der Waals surface area (Å²) >= 11 is 0. The summed E-state index contributed by atoms with van der Waals surface area (Å²) in [4.78, 5) is 11.2. The van der Waals surface area contributed by atoms with Gasteiger partial charge in [0.15, 0.2) is 9.84 Å². The van der Waals surface area contributed by atoms with Crippen molar-refractivity contribution in [3.8, 4) is 0 Å². The highest BCUT2D eigenvalue weighted by Gasteiger charge is 2.49. The number of esters is 1. The summed E-state index contributed by atoms with van der Waals surface area (Å²) in [6, 6.07) is 0. The highest BCUT2D eigenvalue weighted by molar-refractivity contribution is 7.91.